The van der Waals surface area contributed by atoms with Gasteiger partial charge in [-0.15, -0.1) is 0 Å². The Morgan fingerprint density at radius 2 is 1.96 bits per heavy atom. The van der Waals surface area contributed by atoms with Gasteiger partial charge >= 0.3 is 0 Å². The number of imidazole rings is 1. The van der Waals surface area contributed by atoms with Crippen LogP contribution in [0.4, 0.5) is 5.95 Å². The minimum Gasteiger partial charge on any atom is -0.378 e. The van der Waals surface area contributed by atoms with Gasteiger partial charge in [-0.25, -0.2) is 4.98 Å². The number of ether oxygens (including phenoxy) is 1. The van der Waals surface area contributed by atoms with Crippen molar-refractivity contribution >= 4 is 28.7 Å². The second-order valence-electron chi connectivity index (χ2n) is 5.66. The van der Waals surface area contributed by atoms with Gasteiger partial charge in [-0.05, 0) is 17.7 Å². The highest BCUT2D eigenvalue weighted by atomic mass is 35.5. The topological polar surface area (TPSA) is 76.0 Å². The van der Waals surface area contributed by atoms with E-state index in [1.54, 1.807) is 6.33 Å². The van der Waals surface area contributed by atoms with E-state index in [2.05, 4.69) is 15.0 Å². The summed E-state index contributed by atoms with van der Waals surface area (Å²) in [6.07, 6.45) is 1.64. The lowest BCUT2D eigenvalue weighted by Crippen LogP contribution is -2.38. The molecule has 1 aliphatic heterocycles. The number of benzene rings is 1. The van der Waals surface area contributed by atoms with Gasteiger partial charge in [0.15, 0.2) is 11.2 Å². The fourth-order valence-corrected chi connectivity index (χ4v) is 2.90. The number of halogens is 1. The highest BCUT2D eigenvalue weighted by molar-refractivity contribution is 6.30. The van der Waals surface area contributed by atoms with Crippen LogP contribution >= 0.6 is 11.6 Å². The maximum atomic E-state index is 12.3. The predicted octanol–water partition coefficient (Wildman–Crippen LogP) is 1.66. The van der Waals surface area contributed by atoms with E-state index >= 15 is 0 Å². The van der Waals surface area contributed by atoms with Gasteiger partial charge in [0, 0.05) is 18.1 Å². The van der Waals surface area contributed by atoms with Gasteiger partial charge in [-0.3, -0.25) is 9.78 Å². The Morgan fingerprint density at radius 3 is 2.71 bits per heavy atom. The van der Waals surface area contributed by atoms with E-state index in [-0.39, 0.29) is 5.56 Å². The monoisotopic (exact) mass is 345 g/mol. The minimum absolute atomic E-state index is 0.226. The smallest absolute Gasteiger partial charge is 0.280 e. The molecule has 0 atom stereocenters. The highest BCUT2D eigenvalue weighted by Crippen LogP contribution is 2.15. The van der Waals surface area contributed by atoms with Crippen LogP contribution in [-0.2, 0) is 11.3 Å². The molecule has 124 valence electrons. The van der Waals surface area contributed by atoms with Crippen molar-refractivity contribution in [3.8, 4) is 0 Å². The number of hydrogen-bond acceptors (Lipinski definition) is 5. The molecule has 0 spiro atoms. The van der Waals surface area contributed by atoms with E-state index in [0.717, 1.165) is 5.56 Å². The molecule has 8 heteroatoms. The van der Waals surface area contributed by atoms with E-state index in [0.29, 0.717) is 55.0 Å². The number of fused-ring (bicyclic) bond motifs is 1. The number of morpholine rings is 1. The van der Waals surface area contributed by atoms with E-state index in [1.807, 2.05) is 33.7 Å². The number of aromatic nitrogens is 4. The summed E-state index contributed by atoms with van der Waals surface area (Å²) in [4.78, 5) is 26.0. The van der Waals surface area contributed by atoms with Crippen LogP contribution in [0.2, 0.25) is 5.02 Å². The number of anilines is 1. The SMILES string of the molecule is O=c1[nH]c(N2CCOCC2)nc2c1ncn2Cc1ccc(Cl)cc1. The summed E-state index contributed by atoms with van der Waals surface area (Å²) >= 11 is 5.92. The Hall–Kier alpha value is -2.38. The Kier molecular flexibility index (Phi) is 3.95. The van der Waals surface area contributed by atoms with Crippen molar-refractivity contribution in [2.24, 2.45) is 0 Å². The van der Waals surface area contributed by atoms with Gasteiger partial charge in [0.1, 0.15) is 0 Å². The van der Waals surface area contributed by atoms with Crippen molar-refractivity contribution in [3.63, 3.8) is 0 Å². The Labute approximate surface area is 142 Å². The first-order chi connectivity index (χ1) is 11.7. The molecule has 0 radical (unpaired) electrons. The lowest BCUT2D eigenvalue weighted by Gasteiger charge is -2.27. The molecule has 0 unspecified atom stereocenters. The summed E-state index contributed by atoms with van der Waals surface area (Å²) in [5.74, 6) is 0.564. The fraction of sp³-hybridized carbons (Fsp3) is 0.312. The Bertz CT molecular complexity index is 912. The summed E-state index contributed by atoms with van der Waals surface area (Å²) in [6.45, 7) is 3.25. The quantitative estimate of drug-likeness (QED) is 0.781. The van der Waals surface area contributed by atoms with Crippen LogP contribution in [0.25, 0.3) is 11.2 Å². The van der Waals surface area contributed by atoms with Gasteiger partial charge in [-0.1, -0.05) is 23.7 Å². The number of rotatable bonds is 3. The molecule has 1 fully saturated rings. The second kappa shape index (κ2) is 6.26. The third-order valence-corrected chi connectivity index (χ3v) is 4.29. The molecule has 1 saturated heterocycles. The molecule has 2 aromatic heterocycles. The first-order valence-corrected chi connectivity index (χ1v) is 8.11. The van der Waals surface area contributed by atoms with Crippen LogP contribution in [-0.4, -0.2) is 45.8 Å². The standard InChI is InChI=1S/C16H16ClN5O2/c17-12-3-1-11(2-4-12)9-22-10-18-13-14(22)19-16(20-15(13)23)21-5-7-24-8-6-21/h1-4,10H,5-9H2,(H,19,20,23). The third-order valence-electron chi connectivity index (χ3n) is 4.04. The van der Waals surface area contributed by atoms with Crippen LogP contribution in [0.5, 0.6) is 0 Å². The number of nitrogens with zero attached hydrogens (tertiary/aromatic N) is 4. The summed E-state index contributed by atoms with van der Waals surface area (Å²) in [5, 5.41) is 0.693. The molecule has 1 aromatic carbocycles. The average molecular weight is 346 g/mol. The molecule has 3 aromatic rings. The second-order valence-corrected chi connectivity index (χ2v) is 6.10. The van der Waals surface area contributed by atoms with Gasteiger partial charge in [-0.2, -0.15) is 4.98 Å². The Balaban J connectivity index is 1.72. The number of hydrogen-bond donors (Lipinski definition) is 1. The molecule has 0 amide bonds. The zero-order chi connectivity index (χ0) is 16.5. The van der Waals surface area contributed by atoms with Gasteiger partial charge < -0.3 is 14.2 Å². The summed E-state index contributed by atoms with van der Waals surface area (Å²) < 4.78 is 7.22. The average Bonchev–Trinajstić information content (AvgIpc) is 3.01. The van der Waals surface area contributed by atoms with Crippen molar-refractivity contribution < 1.29 is 4.74 Å². The molecule has 24 heavy (non-hydrogen) atoms. The zero-order valence-corrected chi connectivity index (χ0v) is 13.7. The van der Waals surface area contributed by atoms with Crippen molar-refractivity contribution in [1.82, 2.24) is 19.5 Å². The molecule has 0 saturated carbocycles. The molecule has 1 N–H and O–H groups in total. The van der Waals surface area contributed by atoms with Crippen LogP contribution < -0.4 is 10.5 Å². The fourth-order valence-electron chi connectivity index (χ4n) is 2.77. The first-order valence-electron chi connectivity index (χ1n) is 7.73. The predicted molar refractivity (Wildman–Crippen MR) is 91.7 cm³/mol. The third kappa shape index (κ3) is 2.88. The molecule has 3 heterocycles. The van der Waals surface area contributed by atoms with E-state index in [4.69, 9.17) is 16.3 Å². The van der Waals surface area contributed by atoms with E-state index in [9.17, 15) is 4.79 Å². The minimum atomic E-state index is -0.226. The molecule has 0 aliphatic carbocycles. The van der Waals surface area contributed by atoms with E-state index < -0.39 is 0 Å². The summed E-state index contributed by atoms with van der Waals surface area (Å²) in [7, 11) is 0. The molecule has 0 bridgehead atoms. The van der Waals surface area contributed by atoms with Crippen molar-refractivity contribution in [2.75, 3.05) is 31.2 Å². The maximum Gasteiger partial charge on any atom is 0.280 e. The molecule has 4 rings (SSSR count). The normalized spacial score (nSPS) is 15.1. The van der Waals surface area contributed by atoms with Gasteiger partial charge in [0.2, 0.25) is 5.95 Å². The largest absolute Gasteiger partial charge is 0.378 e. The first kappa shape index (κ1) is 15.2. The number of aromatic amines is 1. The van der Waals surface area contributed by atoms with Crippen molar-refractivity contribution in [3.05, 3.63) is 51.5 Å². The number of H-pyrrole nitrogens is 1. The zero-order valence-electron chi connectivity index (χ0n) is 12.9. The molecular weight excluding hydrogens is 330 g/mol. The van der Waals surface area contributed by atoms with Crippen LogP contribution in [0.1, 0.15) is 5.56 Å². The molecule has 7 nitrogen and oxygen atoms in total. The van der Waals surface area contributed by atoms with Gasteiger partial charge in [0.05, 0.1) is 26.1 Å². The van der Waals surface area contributed by atoms with Crippen LogP contribution in [0, 0.1) is 0 Å². The Morgan fingerprint density at radius 1 is 1.21 bits per heavy atom. The number of nitrogens with one attached hydrogen (secondary N) is 1. The maximum absolute atomic E-state index is 12.3. The lowest BCUT2D eigenvalue weighted by atomic mass is 10.2. The summed E-state index contributed by atoms with van der Waals surface area (Å²) in [6, 6.07) is 7.58. The van der Waals surface area contributed by atoms with Crippen LogP contribution in [0.15, 0.2) is 35.4 Å². The summed E-state index contributed by atoms with van der Waals surface area (Å²) in [5.41, 5.74) is 1.77. The van der Waals surface area contributed by atoms with E-state index in [1.165, 1.54) is 0 Å². The molecular formula is C16H16ClN5O2. The highest BCUT2D eigenvalue weighted by Gasteiger charge is 2.17. The van der Waals surface area contributed by atoms with Crippen molar-refractivity contribution in [2.45, 2.75) is 6.54 Å². The molecule has 1 aliphatic rings. The van der Waals surface area contributed by atoms with Crippen molar-refractivity contribution in [1.29, 1.82) is 0 Å². The lowest BCUT2D eigenvalue weighted by molar-refractivity contribution is 0.122. The van der Waals surface area contributed by atoms with Crippen LogP contribution in [0.3, 0.4) is 0 Å². The van der Waals surface area contributed by atoms with Gasteiger partial charge in [0.25, 0.3) is 5.56 Å².